The first kappa shape index (κ1) is 18.4. The van der Waals surface area contributed by atoms with Gasteiger partial charge in [-0.05, 0) is 36.8 Å². The molecule has 0 amide bonds. The summed E-state index contributed by atoms with van der Waals surface area (Å²) < 4.78 is 5.35. The summed E-state index contributed by atoms with van der Waals surface area (Å²) in [5.41, 5.74) is 2.16. The minimum absolute atomic E-state index is 0.369. The third-order valence-electron chi connectivity index (χ3n) is 3.52. The molecule has 24 heavy (non-hydrogen) atoms. The summed E-state index contributed by atoms with van der Waals surface area (Å²) >= 11 is 1.74. The van der Waals surface area contributed by atoms with Gasteiger partial charge in [0.2, 0.25) is 0 Å². The molecule has 0 aliphatic rings. The van der Waals surface area contributed by atoms with Crippen LogP contribution < -0.4 is 10.6 Å². The molecule has 0 aliphatic carbocycles. The van der Waals surface area contributed by atoms with Crippen molar-refractivity contribution >= 4 is 17.7 Å². The van der Waals surface area contributed by atoms with Gasteiger partial charge >= 0.3 is 0 Å². The molecule has 1 aromatic carbocycles. The highest BCUT2D eigenvalue weighted by Crippen LogP contribution is 2.15. The summed E-state index contributed by atoms with van der Waals surface area (Å²) in [6, 6.07) is 10.5. The zero-order valence-corrected chi connectivity index (χ0v) is 15.6. The van der Waals surface area contributed by atoms with Crippen molar-refractivity contribution in [3.05, 3.63) is 47.3 Å². The largest absolute Gasteiger partial charge is 0.359 e. The number of aliphatic imine (C=N–C) groups is 1. The average Bonchev–Trinajstić information content (AvgIpc) is 3.07. The first-order chi connectivity index (χ1) is 11.6. The van der Waals surface area contributed by atoms with Gasteiger partial charge in [0.25, 0.3) is 0 Å². The van der Waals surface area contributed by atoms with Gasteiger partial charge in [0, 0.05) is 17.5 Å². The molecule has 1 aromatic heterocycles. The molecule has 0 radical (unpaired) electrons. The van der Waals surface area contributed by atoms with Gasteiger partial charge in [-0.3, -0.25) is 0 Å². The predicted octanol–water partition coefficient (Wildman–Crippen LogP) is 3.78. The van der Waals surface area contributed by atoms with Crippen molar-refractivity contribution in [2.45, 2.75) is 44.7 Å². The van der Waals surface area contributed by atoms with Crippen molar-refractivity contribution < 1.29 is 4.52 Å². The second-order valence-corrected chi connectivity index (χ2v) is 6.65. The van der Waals surface area contributed by atoms with E-state index in [1.54, 1.807) is 11.8 Å². The van der Waals surface area contributed by atoms with Gasteiger partial charge in [-0.2, -0.15) is 0 Å². The van der Waals surface area contributed by atoms with E-state index in [0.29, 0.717) is 19.0 Å². The number of nitrogens with zero attached hydrogens (tertiary/aromatic N) is 2. The first-order valence-corrected chi connectivity index (χ1v) is 9.45. The second kappa shape index (κ2) is 9.37. The Hall–Kier alpha value is -1.95. The summed E-state index contributed by atoms with van der Waals surface area (Å²) in [6.07, 6.45) is 2.08. The number of thioether (sulfide) groups is 1. The average molecular weight is 347 g/mol. The summed E-state index contributed by atoms with van der Waals surface area (Å²) in [7, 11) is 0. The van der Waals surface area contributed by atoms with Crippen LogP contribution in [0.15, 0.2) is 44.7 Å². The van der Waals surface area contributed by atoms with Crippen LogP contribution in [-0.4, -0.2) is 23.9 Å². The fourth-order valence-electron chi connectivity index (χ4n) is 2.10. The van der Waals surface area contributed by atoms with E-state index in [4.69, 9.17) is 4.52 Å². The molecule has 0 spiro atoms. The van der Waals surface area contributed by atoms with Crippen molar-refractivity contribution in [3.8, 4) is 0 Å². The molecule has 0 atom stereocenters. The van der Waals surface area contributed by atoms with Gasteiger partial charge in [0.15, 0.2) is 11.7 Å². The Balaban J connectivity index is 1.93. The van der Waals surface area contributed by atoms with Crippen molar-refractivity contribution in [2.24, 2.45) is 4.99 Å². The van der Waals surface area contributed by atoms with E-state index in [1.807, 2.05) is 6.07 Å². The van der Waals surface area contributed by atoms with Gasteiger partial charge in [-0.1, -0.05) is 31.1 Å². The van der Waals surface area contributed by atoms with Crippen LogP contribution in [0.1, 0.15) is 43.7 Å². The lowest BCUT2D eigenvalue weighted by atomic mass is 10.1. The Morgan fingerprint density at radius 2 is 2.00 bits per heavy atom. The van der Waals surface area contributed by atoms with E-state index in [0.717, 1.165) is 24.0 Å². The molecule has 5 nitrogen and oxygen atoms in total. The SMILES string of the molecule is CCNC(=NCc1ccc(SC)cc1)NCc1cc(C(C)C)no1. The molecule has 0 saturated carbocycles. The number of rotatable bonds is 7. The standard InChI is InChI=1S/C18H26N4OS/c1-5-19-18(20-11-14-6-8-16(24-4)9-7-14)21-12-15-10-17(13(2)3)22-23-15/h6-10,13H,5,11-12H2,1-4H3,(H2,19,20,21). The molecule has 0 aliphatic heterocycles. The normalized spacial score (nSPS) is 11.8. The number of benzene rings is 1. The number of hydrogen-bond acceptors (Lipinski definition) is 4. The van der Waals surface area contributed by atoms with Crippen LogP contribution in [0, 0.1) is 0 Å². The van der Waals surface area contributed by atoms with Crippen molar-refractivity contribution in [1.82, 2.24) is 15.8 Å². The summed E-state index contributed by atoms with van der Waals surface area (Å²) in [5.74, 6) is 1.95. The summed E-state index contributed by atoms with van der Waals surface area (Å²) in [6.45, 7) is 8.26. The molecular weight excluding hydrogens is 320 g/mol. The highest BCUT2D eigenvalue weighted by atomic mass is 32.2. The van der Waals surface area contributed by atoms with Crippen LogP contribution in [0.5, 0.6) is 0 Å². The zero-order chi connectivity index (χ0) is 17.4. The van der Waals surface area contributed by atoms with Gasteiger partial charge in [0.05, 0.1) is 18.8 Å². The fourth-order valence-corrected chi connectivity index (χ4v) is 2.51. The van der Waals surface area contributed by atoms with Gasteiger partial charge in [-0.15, -0.1) is 11.8 Å². The van der Waals surface area contributed by atoms with Gasteiger partial charge in [-0.25, -0.2) is 4.99 Å². The molecular formula is C18H26N4OS. The molecule has 130 valence electrons. The van der Waals surface area contributed by atoms with Gasteiger partial charge in [0.1, 0.15) is 0 Å². The monoisotopic (exact) mass is 346 g/mol. The maximum atomic E-state index is 5.35. The maximum Gasteiger partial charge on any atom is 0.191 e. The van der Waals surface area contributed by atoms with Crippen LogP contribution in [0.2, 0.25) is 0 Å². The van der Waals surface area contributed by atoms with Crippen LogP contribution in [-0.2, 0) is 13.1 Å². The lowest BCUT2D eigenvalue weighted by molar-refractivity contribution is 0.372. The maximum absolute atomic E-state index is 5.35. The Morgan fingerprint density at radius 1 is 1.25 bits per heavy atom. The Labute approximate surface area is 148 Å². The molecule has 2 rings (SSSR count). The third kappa shape index (κ3) is 5.60. The molecule has 6 heteroatoms. The van der Waals surface area contributed by atoms with Crippen LogP contribution >= 0.6 is 11.8 Å². The molecule has 2 aromatic rings. The third-order valence-corrected chi connectivity index (χ3v) is 4.27. The molecule has 0 saturated heterocycles. The minimum Gasteiger partial charge on any atom is -0.359 e. The Kier molecular flexibility index (Phi) is 7.18. The van der Waals surface area contributed by atoms with Gasteiger partial charge < -0.3 is 15.2 Å². The molecule has 0 unspecified atom stereocenters. The van der Waals surface area contributed by atoms with E-state index < -0.39 is 0 Å². The highest BCUT2D eigenvalue weighted by Gasteiger charge is 2.08. The van der Waals surface area contributed by atoms with Crippen molar-refractivity contribution in [3.63, 3.8) is 0 Å². The van der Waals surface area contributed by atoms with E-state index in [1.165, 1.54) is 10.5 Å². The molecule has 2 N–H and O–H groups in total. The highest BCUT2D eigenvalue weighted by molar-refractivity contribution is 7.98. The lowest BCUT2D eigenvalue weighted by Gasteiger charge is -2.10. The Bertz CT molecular complexity index is 649. The number of nitrogens with one attached hydrogen (secondary N) is 2. The van der Waals surface area contributed by atoms with E-state index >= 15 is 0 Å². The number of aromatic nitrogens is 1. The van der Waals surface area contributed by atoms with E-state index in [2.05, 4.69) is 72.1 Å². The second-order valence-electron chi connectivity index (χ2n) is 5.77. The zero-order valence-electron chi connectivity index (χ0n) is 14.8. The number of hydrogen-bond donors (Lipinski definition) is 2. The predicted molar refractivity (Wildman–Crippen MR) is 100 cm³/mol. The number of guanidine groups is 1. The van der Waals surface area contributed by atoms with Crippen LogP contribution in [0.3, 0.4) is 0 Å². The van der Waals surface area contributed by atoms with Crippen molar-refractivity contribution in [2.75, 3.05) is 12.8 Å². The van der Waals surface area contributed by atoms with E-state index in [-0.39, 0.29) is 0 Å². The molecule has 0 fully saturated rings. The smallest absolute Gasteiger partial charge is 0.191 e. The quantitative estimate of drug-likeness (QED) is 0.454. The van der Waals surface area contributed by atoms with Crippen molar-refractivity contribution in [1.29, 1.82) is 0 Å². The Morgan fingerprint density at radius 3 is 2.58 bits per heavy atom. The molecule has 0 bridgehead atoms. The summed E-state index contributed by atoms with van der Waals surface area (Å²) in [5, 5.41) is 10.6. The first-order valence-electron chi connectivity index (χ1n) is 8.23. The fraction of sp³-hybridized carbons (Fsp3) is 0.444. The van der Waals surface area contributed by atoms with Crippen LogP contribution in [0.4, 0.5) is 0 Å². The molecule has 1 heterocycles. The topological polar surface area (TPSA) is 62.5 Å². The van der Waals surface area contributed by atoms with E-state index in [9.17, 15) is 0 Å². The minimum atomic E-state index is 0.369. The lowest BCUT2D eigenvalue weighted by Crippen LogP contribution is -2.36. The van der Waals surface area contributed by atoms with Crippen LogP contribution in [0.25, 0.3) is 0 Å². The summed E-state index contributed by atoms with van der Waals surface area (Å²) in [4.78, 5) is 5.88.